The molecule has 0 N–H and O–H groups in total. The molecule has 1 aromatic heterocycles. The number of hydrogen-bond acceptors (Lipinski definition) is 2. The molecule has 0 unspecified atom stereocenters. The molecule has 3 heterocycles. The van der Waals surface area contributed by atoms with E-state index >= 15 is 0 Å². The lowest BCUT2D eigenvalue weighted by Gasteiger charge is -2.46. The highest BCUT2D eigenvalue weighted by Crippen LogP contribution is 2.51. The monoisotopic (exact) mass is 1010 g/mol. The standard InChI is InChI=1S/C74H72BN3/c1-73(2,3)62-47-64-68(45-60(62)51-29-15-9-16-30-51)76(55-35-23-33-53(41-55)49-25-11-7-12-26-49)70-43-57(78-66-39-21-19-37-58(66)59-38-20-22-40-67(59)78)44-71-72(70)75(64)65-48-63(74(4,5)6)61(52-31-17-10-18-32-52)46-69(65)77(71)56-36-24-34-54(42-56)50-27-13-8-14-28-50/h9-10,15-24,29-50H,7-8,11-14,25-28H2,1-6H3. The van der Waals surface area contributed by atoms with E-state index in [0.717, 1.165) is 5.69 Å². The fourth-order valence-electron chi connectivity index (χ4n) is 14.6. The maximum absolute atomic E-state index is 2.71. The Kier molecular flexibility index (Phi) is 12.0. The van der Waals surface area contributed by atoms with Gasteiger partial charge in [-0.1, -0.05) is 214 Å². The number of fused-ring (bicyclic) bond motifs is 7. The number of anilines is 6. The van der Waals surface area contributed by atoms with Gasteiger partial charge in [-0.3, -0.25) is 0 Å². The maximum atomic E-state index is 2.71. The average molecular weight is 1010 g/mol. The summed E-state index contributed by atoms with van der Waals surface area (Å²) in [6.07, 6.45) is 12.9. The number of benzene rings is 9. The van der Waals surface area contributed by atoms with Crippen molar-refractivity contribution < 1.29 is 0 Å². The van der Waals surface area contributed by atoms with E-state index in [0.29, 0.717) is 11.8 Å². The molecule has 2 aliphatic carbocycles. The van der Waals surface area contributed by atoms with Crippen LogP contribution in [0.4, 0.5) is 34.1 Å². The van der Waals surface area contributed by atoms with E-state index in [9.17, 15) is 0 Å². The van der Waals surface area contributed by atoms with Crippen molar-refractivity contribution in [2.24, 2.45) is 0 Å². The number of aromatic nitrogens is 1. The molecule has 0 spiro atoms. The third kappa shape index (κ3) is 8.23. The second-order valence-electron chi connectivity index (χ2n) is 25.4. The molecule has 78 heavy (non-hydrogen) atoms. The molecule has 0 radical (unpaired) electrons. The summed E-state index contributed by atoms with van der Waals surface area (Å²) in [6, 6.07) is 75.6. The lowest BCUT2D eigenvalue weighted by atomic mass is 9.33. The Morgan fingerprint density at radius 3 is 1.21 bits per heavy atom. The molecule has 386 valence electrons. The molecule has 0 saturated heterocycles. The van der Waals surface area contributed by atoms with Crippen LogP contribution in [0.25, 0.3) is 49.7 Å². The largest absolute Gasteiger partial charge is 0.311 e. The zero-order chi connectivity index (χ0) is 52.9. The Labute approximate surface area is 463 Å². The third-order valence-corrected chi connectivity index (χ3v) is 18.4. The molecule has 2 aliphatic heterocycles. The number of rotatable bonds is 7. The average Bonchev–Trinajstić information content (AvgIpc) is 3.18. The molecule has 10 aromatic rings. The van der Waals surface area contributed by atoms with Gasteiger partial charge in [0.25, 0.3) is 6.71 Å². The Morgan fingerprint density at radius 2 is 0.782 bits per heavy atom. The highest BCUT2D eigenvalue weighted by Gasteiger charge is 2.46. The summed E-state index contributed by atoms with van der Waals surface area (Å²) in [4.78, 5) is 5.41. The van der Waals surface area contributed by atoms with Gasteiger partial charge in [0, 0.05) is 44.9 Å². The topological polar surface area (TPSA) is 11.4 Å². The summed E-state index contributed by atoms with van der Waals surface area (Å²) in [5, 5.41) is 2.54. The predicted octanol–water partition coefficient (Wildman–Crippen LogP) is 18.9. The first-order valence-corrected chi connectivity index (χ1v) is 29.4. The lowest BCUT2D eigenvalue weighted by molar-refractivity contribution is 0.443. The van der Waals surface area contributed by atoms with Crippen LogP contribution >= 0.6 is 0 Å². The molecule has 0 atom stereocenters. The predicted molar refractivity (Wildman–Crippen MR) is 335 cm³/mol. The molecule has 0 amide bonds. The summed E-state index contributed by atoms with van der Waals surface area (Å²) < 4.78 is 2.56. The van der Waals surface area contributed by atoms with Gasteiger partial charge in [0.1, 0.15) is 0 Å². The molecule has 14 rings (SSSR count). The third-order valence-electron chi connectivity index (χ3n) is 18.4. The SMILES string of the molecule is CC(C)(C)c1cc2c(cc1-c1ccccc1)N(c1cccc(C3CCCCC3)c1)c1cc(-n3c4ccccc4c4ccccc43)cc3c1B2c1cc(C(C)(C)C)c(-c2ccccc2)cc1N3c1cccc(C2CCCCC2)c1. The second kappa shape index (κ2) is 19.1. The zero-order valence-corrected chi connectivity index (χ0v) is 46.6. The van der Waals surface area contributed by atoms with Crippen molar-refractivity contribution in [3.8, 4) is 27.9 Å². The van der Waals surface area contributed by atoms with Crippen molar-refractivity contribution >= 4 is 79.0 Å². The Balaban J connectivity index is 1.15. The van der Waals surface area contributed by atoms with Crippen LogP contribution in [-0.2, 0) is 10.8 Å². The highest BCUT2D eigenvalue weighted by atomic mass is 15.2. The smallest absolute Gasteiger partial charge is 0.252 e. The number of nitrogens with zero attached hydrogens (tertiary/aromatic N) is 3. The number of hydrogen-bond donors (Lipinski definition) is 0. The van der Waals surface area contributed by atoms with Crippen LogP contribution < -0.4 is 26.2 Å². The zero-order valence-electron chi connectivity index (χ0n) is 46.6. The van der Waals surface area contributed by atoms with Crippen molar-refractivity contribution in [3.05, 3.63) is 216 Å². The molecule has 4 heteroatoms. The molecule has 3 nitrogen and oxygen atoms in total. The second-order valence-corrected chi connectivity index (χ2v) is 25.4. The normalized spacial score (nSPS) is 15.9. The van der Waals surface area contributed by atoms with E-state index in [-0.39, 0.29) is 17.5 Å². The van der Waals surface area contributed by atoms with Crippen LogP contribution in [0.1, 0.15) is 140 Å². The molecule has 2 fully saturated rings. The van der Waals surface area contributed by atoms with Crippen LogP contribution in [-0.4, -0.2) is 11.3 Å². The Morgan fingerprint density at radius 1 is 0.372 bits per heavy atom. The van der Waals surface area contributed by atoms with Gasteiger partial charge >= 0.3 is 0 Å². The van der Waals surface area contributed by atoms with E-state index in [2.05, 4.69) is 250 Å². The highest BCUT2D eigenvalue weighted by molar-refractivity contribution is 7.00. The Hall–Kier alpha value is -7.56. The van der Waals surface area contributed by atoms with E-state index < -0.39 is 0 Å². The minimum Gasteiger partial charge on any atom is -0.311 e. The van der Waals surface area contributed by atoms with Crippen LogP contribution in [0.5, 0.6) is 0 Å². The fourth-order valence-corrected chi connectivity index (χ4v) is 14.6. The summed E-state index contributed by atoms with van der Waals surface area (Å²) in [7, 11) is 0. The molecular weight excluding hydrogens is 942 g/mol. The number of para-hydroxylation sites is 2. The minimum atomic E-state index is -0.147. The van der Waals surface area contributed by atoms with Crippen LogP contribution in [0.3, 0.4) is 0 Å². The van der Waals surface area contributed by atoms with Crippen LogP contribution in [0.15, 0.2) is 194 Å². The van der Waals surface area contributed by atoms with Gasteiger partial charge in [-0.2, -0.15) is 0 Å². The van der Waals surface area contributed by atoms with E-state index in [1.807, 2.05) is 0 Å². The van der Waals surface area contributed by atoms with Crippen molar-refractivity contribution in [2.75, 3.05) is 9.80 Å². The van der Waals surface area contributed by atoms with Crippen LogP contribution in [0, 0.1) is 0 Å². The van der Waals surface area contributed by atoms with Crippen molar-refractivity contribution in [3.63, 3.8) is 0 Å². The van der Waals surface area contributed by atoms with Gasteiger partial charge in [-0.15, -0.1) is 0 Å². The Bertz CT molecular complexity index is 3670. The molecule has 2 saturated carbocycles. The summed E-state index contributed by atoms with van der Waals surface area (Å²) in [5.74, 6) is 1.12. The molecule has 0 bridgehead atoms. The van der Waals surface area contributed by atoms with Gasteiger partial charge in [0.15, 0.2) is 0 Å². The first kappa shape index (κ1) is 48.8. The fraction of sp³-hybridized carbons (Fsp3) is 0.270. The first-order valence-electron chi connectivity index (χ1n) is 29.4. The van der Waals surface area contributed by atoms with Crippen molar-refractivity contribution in [1.29, 1.82) is 0 Å². The minimum absolute atomic E-state index is 0.0698. The van der Waals surface area contributed by atoms with Gasteiger partial charge in [0.05, 0.1) is 16.7 Å². The van der Waals surface area contributed by atoms with Crippen molar-refractivity contribution in [2.45, 2.75) is 128 Å². The quantitative estimate of drug-likeness (QED) is 0.147. The van der Waals surface area contributed by atoms with Crippen LogP contribution in [0.2, 0.25) is 0 Å². The molecule has 4 aliphatic rings. The lowest BCUT2D eigenvalue weighted by Crippen LogP contribution is -2.62. The van der Waals surface area contributed by atoms with E-state index in [1.54, 1.807) is 0 Å². The molecule has 9 aromatic carbocycles. The van der Waals surface area contributed by atoms with Gasteiger partial charge in [-0.05, 0) is 170 Å². The van der Waals surface area contributed by atoms with Gasteiger partial charge in [-0.25, -0.2) is 0 Å². The maximum Gasteiger partial charge on any atom is 0.252 e. The van der Waals surface area contributed by atoms with E-state index in [4.69, 9.17) is 0 Å². The molecular formula is C74H72BN3. The van der Waals surface area contributed by atoms with Crippen molar-refractivity contribution in [1.82, 2.24) is 4.57 Å². The van der Waals surface area contributed by atoms with E-state index in [1.165, 1.54) is 181 Å². The summed E-state index contributed by atoms with van der Waals surface area (Å²) in [5.41, 5.74) is 25.6. The summed E-state index contributed by atoms with van der Waals surface area (Å²) >= 11 is 0. The van der Waals surface area contributed by atoms with Gasteiger partial charge < -0.3 is 14.4 Å². The first-order chi connectivity index (χ1) is 38.0. The summed E-state index contributed by atoms with van der Waals surface area (Å²) in [6.45, 7) is 14.4. The van der Waals surface area contributed by atoms with Gasteiger partial charge in [0.2, 0.25) is 0 Å².